The highest BCUT2D eigenvalue weighted by atomic mass is 32.2. The summed E-state index contributed by atoms with van der Waals surface area (Å²) in [6.45, 7) is 2.06. The molecule has 0 saturated carbocycles. The smallest absolute Gasteiger partial charge is 0.489 e. The van der Waals surface area contributed by atoms with Crippen molar-refractivity contribution in [2.45, 2.75) is 30.3 Å². The second kappa shape index (κ2) is 8.65. The highest BCUT2D eigenvalue weighted by Gasteiger charge is 2.41. The van der Waals surface area contributed by atoms with E-state index in [9.17, 15) is 31.7 Å². The number of hydrogen-bond acceptors (Lipinski definition) is 8. The van der Waals surface area contributed by atoms with Crippen molar-refractivity contribution >= 4 is 21.5 Å². The first kappa shape index (κ1) is 24.1. The van der Waals surface area contributed by atoms with Gasteiger partial charge < -0.3 is 24.3 Å². The summed E-state index contributed by atoms with van der Waals surface area (Å²) in [6, 6.07) is 9.79. The van der Waals surface area contributed by atoms with Gasteiger partial charge in [0.05, 0.1) is 11.4 Å². The number of sulfonamides is 1. The summed E-state index contributed by atoms with van der Waals surface area (Å²) >= 11 is 0. The molecule has 0 radical (unpaired) electrons. The lowest BCUT2D eigenvalue weighted by molar-refractivity contribution is -0.389. The molecule has 0 aliphatic carbocycles. The summed E-state index contributed by atoms with van der Waals surface area (Å²) < 4.78 is 80.8. The van der Waals surface area contributed by atoms with Crippen molar-refractivity contribution in [3.8, 4) is 17.5 Å². The van der Waals surface area contributed by atoms with E-state index in [1.54, 1.807) is 6.92 Å². The van der Waals surface area contributed by atoms with Crippen molar-refractivity contribution in [2.24, 2.45) is 0 Å². The molecule has 2 aromatic carbocycles. The Morgan fingerprint density at radius 2 is 1.80 bits per heavy atom. The molecule has 0 bridgehead atoms. The van der Waals surface area contributed by atoms with Crippen LogP contribution in [0.25, 0.3) is 0 Å². The molecule has 0 unspecified atom stereocenters. The molecular formula is C20H17F3N4O7S. The molecule has 0 amide bonds. The fourth-order valence-corrected chi connectivity index (χ4v) is 4.30. The predicted octanol–water partition coefficient (Wildman–Crippen LogP) is 3.72. The molecule has 1 aliphatic heterocycles. The Hall–Kier alpha value is -4.01. The topological polar surface area (TPSA) is 135 Å². The molecule has 0 fully saturated rings. The molecule has 1 aromatic heterocycles. The van der Waals surface area contributed by atoms with Gasteiger partial charge in [-0.05, 0) is 60.4 Å². The number of aromatic nitrogens is 2. The predicted molar refractivity (Wildman–Crippen MR) is 114 cm³/mol. The van der Waals surface area contributed by atoms with Crippen molar-refractivity contribution in [3.63, 3.8) is 0 Å². The van der Waals surface area contributed by atoms with Crippen LogP contribution in [0.4, 0.5) is 24.7 Å². The van der Waals surface area contributed by atoms with Crippen molar-refractivity contribution in [1.82, 2.24) is 9.55 Å². The third-order valence-electron chi connectivity index (χ3n) is 4.78. The number of imidazole rings is 1. The van der Waals surface area contributed by atoms with Crippen molar-refractivity contribution in [1.29, 1.82) is 0 Å². The third-order valence-corrected chi connectivity index (χ3v) is 6.17. The van der Waals surface area contributed by atoms with Crippen LogP contribution < -0.4 is 18.9 Å². The summed E-state index contributed by atoms with van der Waals surface area (Å²) in [5.74, 6) is -0.458. The fraction of sp³-hybridized carbons (Fsp3) is 0.250. The van der Waals surface area contributed by atoms with Crippen LogP contribution in [0, 0.1) is 10.1 Å². The van der Waals surface area contributed by atoms with Gasteiger partial charge in [-0.15, -0.1) is 13.2 Å². The second-order valence-corrected chi connectivity index (χ2v) is 9.44. The standard InChI is InChI=1S/C20H17F3N4O7S/c1-19(11-26-10-17(27(28)29)24-18(26)34-19)12-32-14-6-8-16(9-7-14)35(30,31)25-13-2-4-15(5-3-13)33-20(21,22)23/h2-10,25H,11-12H2,1H3/t19-/m1/s1. The van der Waals surface area contributed by atoms with Crippen LogP contribution >= 0.6 is 0 Å². The first-order valence-corrected chi connectivity index (χ1v) is 11.3. The Balaban J connectivity index is 1.35. The molecule has 0 saturated heterocycles. The normalized spacial score (nSPS) is 17.4. The molecule has 15 heteroatoms. The van der Waals surface area contributed by atoms with Crippen molar-refractivity contribution in [3.05, 3.63) is 64.8 Å². The van der Waals surface area contributed by atoms with Crippen LogP contribution in [0.2, 0.25) is 0 Å². The van der Waals surface area contributed by atoms with E-state index in [2.05, 4.69) is 14.4 Å². The Kier molecular flexibility index (Phi) is 5.96. The maximum atomic E-state index is 12.6. The minimum absolute atomic E-state index is 0.0453. The molecule has 35 heavy (non-hydrogen) atoms. The summed E-state index contributed by atoms with van der Waals surface area (Å²) in [5, 5.41) is 10.8. The number of ether oxygens (including phenoxy) is 3. The van der Waals surface area contributed by atoms with Gasteiger partial charge in [0.1, 0.15) is 24.3 Å². The number of nitro groups is 1. The van der Waals surface area contributed by atoms with E-state index in [0.29, 0.717) is 5.75 Å². The molecule has 11 nitrogen and oxygen atoms in total. The third kappa shape index (κ3) is 5.74. The van der Waals surface area contributed by atoms with Crippen LogP contribution in [0.3, 0.4) is 0 Å². The van der Waals surface area contributed by atoms with Crippen LogP contribution in [-0.4, -0.2) is 41.5 Å². The number of nitrogens with one attached hydrogen (secondary N) is 1. The van der Waals surface area contributed by atoms with E-state index >= 15 is 0 Å². The van der Waals surface area contributed by atoms with Crippen LogP contribution in [0.5, 0.6) is 17.5 Å². The number of fused-ring (bicyclic) bond motifs is 1. The zero-order valence-electron chi connectivity index (χ0n) is 17.9. The lowest BCUT2D eigenvalue weighted by atomic mass is 10.1. The van der Waals surface area contributed by atoms with Crippen molar-refractivity contribution < 1.29 is 40.7 Å². The molecule has 4 rings (SSSR count). The van der Waals surface area contributed by atoms with E-state index in [4.69, 9.17) is 9.47 Å². The lowest BCUT2D eigenvalue weighted by Gasteiger charge is -2.22. The first-order chi connectivity index (χ1) is 16.3. The minimum Gasteiger partial charge on any atom is -0.489 e. The highest BCUT2D eigenvalue weighted by Crippen LogP contribution is 2.32. The molecule has 2 heterocycles. The Morgan fingerprint density at radius 3 is 2.37 bits per heavy atom. The average molecular weight is 514 g/mol. The fourth-order valence-electron chi connectivity index (χ4n) is 3.25. The van der Waals surface area contributed by atoms with Crippen LogP contribution in [0.1, 0.15) is 6.92 Å². The number of hydrogen-bond donors (Lipinski definition) is 1. The highest BCUT2D eigenvalue weighted by molar-refractivity contribution is 7.92. The lowest BCUT2D eigenvalue weighted by Crippen LogP contribution is -2.38. The number of anilines is 1. The van der Waals surface area contributed by atoms with E-state index < -0.39 is 32.7 Å². The maximum Gasteiger partial charge on any atom is 0.573 e. The van der Waals surface area contributed by atoms with E-state index in [0.717, 1.165) is 24.3 Å². The van der Waals surface area contributed by atoms with Gasteiger partial charge >= 0.3 is 18.2 Å². The van der Waals surface area contributed by atoms with Gasteiger partial charge in [0.2, 0.25) is 0 Å². The van der Waals surface area contributed by atoms with E-state index in [1.807, 2.05) is 0 Å². The second-order valence-electron chi connectivity index (χ2n) is 7.76. The zero-order valence-corrected chi connectivity index (χ0v) is 18.7. The summed E-state index contributed by atoms with van der Waals surface area (Å²) in [7, 11) is -4.02. The van der Waals surface area contributed by atoms with E-state index in [-0.39, 0.29) is 35.6 Å². The maximum absolute atomic E-state index is 12.6. The molecule has 186 valence electrons. The number of nitrogens with zero attached hydrogens (tertiary/aromatic N) is 3. The van der Waals surface area contributed by atoms with Crippen molar-refractivity contribution in [2.75, 3.05) is 11.3 Å². The van der Waals surface area contributed by atoms with Gasteiger partial charge in [0, 0.05) is 10.7 Å². The number of halogens is 3. The van der Waals surface area contributed by atoms with Gasteiger partial charge in [0.15, 0.2) is 5.60 Å². The Bertz CT molecular complexity index is 1320. The minimum atomic E-state index is -4.85. The van der Waals surface area contributed by atoms with E-state index in [1.165, 1.54) is 35.0 Å². The van der Waals surface area contributed by atoms with Gasteiger partial charge in [-0.2, -0.15) is 0 Å². The largest absolute Gasteiger partial charge is 0.573 e. The molecular weight excluding hydrogens is 497 g/mol. The monoisotopic (exact) mass is 514 g/mol. The quantitative estimate of drug-likeness (QED) is 0.355. The van der Waals surface area contributed by atoms with Gasteiger partial charge in [-0.1, -0.05) is 0 Å². The average Bonchev–Trinajstić information content (AvgIpc) is 3.28. The summed E-state index contributed by atoms with van der Waals surface area (Å²) in [6.07, 6.45) is -3.58. The number of alkyl halides is 3. The molecule has 1 atom stereocenters. The first-order valence-electron chi connectivity index (χ1n) is 9.84. The molecule has 0 spiro atoms. The Labute approximate surface area is 196 Å². The molecule has 1 N–H and O–H groups in total. The van der Waals surface area contributed by atoms with Crippen LogP contribution in [-0.2, 0) is 16.6 Å². The van der Waals surface area contributed by atoms with Crippen LogP contribution in [0.15, 0.2) is 59.6 Å². The number of rotatable bonds is 8. The van der Waals surface area contributed by atoms with Gasteiger partial charge in [-0.25, -0.2) is 8.42 Å². The van der Waals surface area contributed by atoms with Gasteiger partial charge in [0.25, 0.3) is 10.0 Å². The molecule has 1 aliphatic rings. The zero-order chi connectivity index (χ0) is 25.4. The molecule has 3 aromatic rings. The number of benzene rings is 2. The SMILES string of the molecule is C[C@]1(COc2ccc(S(=O)(=O)Nc3ccc(OC(F)(F)F)cc3)cc2)Cn2cc([N+](=O)[O-])nc2O1. The summed E-state index contributed by atoms with van der Waals surface area (Å²) in [5.41, 5.74) is -0.796. The Morgan fingerprint density at radius 1 is 1.17 bits per heavy atom. The van der Waals surface area contributed by atoms with Gasteiger partial charge in [-0.3, -0.25) is 9.29 Å². The summed E-state index contributed by atoms with van der Waals surface area (Å²) in [4.78, 5) is 13.9.